The van der Waals surface area contributed by atoms with Crippen molar-refractivity contribution in [1.29, 1.82) is 0 Å². The smallest absolute Gasteiger partial charge is 0.205 e. The SMILES string of the molecule is c1nnc(NCC2CC3CCC2C3)s1. The Morgan fingerprint density at radius 3 is 3.07 bits per heavy atom. The maximum Gasteiger partial charge on any atom is 0.205 e. The number of hydrogen-bond donors (Lipinski definition) is 1. The van der Waals surface area contributed by atoms with Crippen molar-refractivity contribution in [2.75, 3.05) is 11.9 Å². The molecule has 0 spiro atoms. The molecule has 1 aromatic heterocycles. The van der Waals surface area contributed by atoms with Crippen LogP contribution < -0.4 is 5.32 Å². The number of anilines is 1. The molecule has 2 fully saturated rings. The van der Waals surface area contributed by atoms with Gasteiger partial charge in [0.1, 0.15) is 5.51 Å². The van der Waals surface area contributed by atoms with Crippen LogP contribution >= 0.6 is 11.3 Å². The summed E-state index contributed by atoms with van der Waals surface area (Å²) in [5, 5.41) is 12.2. The van der Waals surface area contributed by atoms with Crippen LogP contribution in [-0.4, -0.2) is 16.7 Å². The first kappa shape index (κ1) is 8.65. The molecule has 3 atom stereocenters. The Hall–Kier alpha value is -0.640. The summed E-state index contributed by atoms with van der Waals surface area (Å²) in [6, 6.07) is 0. The van der Waals surface area contributed by atoms with Gasteiger partial charge in [0, 0.05) is 6.54 Å². The van der Waals surface area contributed by atoms with Gasteiger partial charge in [-0.25, -0.2) is 0 Å². The molecule has 0 amide bonds. The van der Waals surface area contributed by atoms with E-state index in [-0.39, 0.29) is 0 Å². The van der Waals surface area contributed by atoms with Crippen molar-refractivity contribution in [1.82, 2.24) is 10.2 Å². The standard InChI is InChI=1S/C10H15N3S/c1-2-8-3-7(1)4-9(8)5-11-10-13-12-6-14-10/h6-9H,1-5H2,(H,11,13). The maximum absolute atomic E-state index is 4.00. The van der Waals surface area contributed by atoms with Crippen LogP contribution in [0.2, 0.25) is 0 Å². The lowest BCUT2D eigenvalue weighted by Gasteiger charge is -2.21. The number of fused-ring (bicyclic) bond motifs is 2. The average molecular weight is 209 g/mol. The number of nitrogens with one attached hydrogen (secondary N) is 1. The van der Waals surface area contributed by atoms with E-state index in [1.165, 1.54) is 25.7 Å². The van der Waals surface area contributed by atoms with Crippen molar-refractivity contribution in [3.63, 3.8) is 0 Å². The predicted octanol–water partition coefficient (Wildman–Crippen LogP) is 2.39. The van der Waals surface area contributed by atoms with Crippen molar-refractivity contribution < 1.29 is 0 Å². The molecule has 1 heterocycles. The van der Waals surface area contributed by atoms with Gasteiger partial charge in [-0.1, -0.05) is 17.8 Å². The molecule has 3 unspecified atom stereocenters. The van der Waals surface area contributed by atoms with Gasteiger partial charge in [-0.2, -0.15) is 0 Å². The molecular weight excluding hydrogens is 194 g/mol. The van der Waals surface area contributed by atoms with Crippen molar-refractivity contribution in [2.45, 2.75) is 25.7 Å². The Bertz CT molecular complexity index is 298. The number of nitrogens with zero attached hydrogens (tertiary/aromatic N) is 2. The minimum atomic E-state index is 0.901. The second kappa shape index (κ2) is 3.50. The first-order chi connectivity index (χ1) is 6.92. The molecule has 0 saturated heterocycles. The van der Waals surface area contributed by atoms with E-state index in [1.54, 1.807) is 16.8 Å². The highest BCUT2D eigenvalue weighted by molar-refractivity contribution is 7.13. The third-order valence-corrected chi connectivity index (χ3v) is 4.41. The fraction of sp³-hybridized carbons (Fsp3) is 0.800. The summed E-state index contributed by atoms with van der Waals surface area (Å²) in [5.74, 6) is 2.94. The van der Waals surface area contributed by atoms with Gasteiger partial charge >= 0.3 is 0 Å². The molecule has 2 bridgehead atoms. The van der Waals surface area contributed by atoms with Crippen LogP contribution in [0.4, 0.5) is 5.13 Å². The van der Waals surface area contributed by atoms with Gasteiger partial charge in [0.2, 0.25) is 5.13 Å². The van der Waals surface area contributed by atoms with Crippen LogP contribution in [0.5, 0.6) is 0 Å². The molecule has 0 aliphatic heterocycles. The van der Waals surface area contributed by atoms with E-state index >= 15 is 0 Å². The summed E-state index contributed by atoms with van der Waals surface area (Å²) >= 11 is 1.59. The van der Waals surface area contributed by atoms with Crippen molar-refractivity contribution >= 4 is 16.5 Å². The molecule has 1 aromatic rings. The zero-order chi connectivity index (χ0) is 9.38. The Kier molecular flexibility index (Phi) is 2.16. The summed E-state index contributed by atoms with van der Waals surface area (Å²) in [7, 11) is 0. The van der Waals surface area contributed by atoms with Gasteiger partial charge in [-0.15, -0.1) is 10.2 Å². The quantitative estimate of drug-likeness (QED) is 0.830. The van der Waals surface area contributed by atoms with Crippen molar-refractivity contribution in [2.24, 2.45) is 17.8 Å². The highest BCUT2D eigenvalue weighted by atomic mass is 32.1. The molecule has 1 N–H and O–H groups in total. The Balaban J connectivity index is 1.54. The lowest BCUT2D eigenvalue weighted by molar-refractivity contribution is 0.348. The molecule has 0 aromatic carbocycles. The van der Waals surface area contributed by atoms with Gasteiger partial charge in [0.05, 0.1) is 0 Å². The zero-order valence-electron chi connectivity index (χ0n) is 8.15. The van der Waals surface area contributed by atoms with Crippen molar-refractivity contribution in [3.05, 3.63) is 5.51 Å². The first-order valence-corrected chi connectivity index (χ1v) is 6.30. The maximum atomic E-state index is 4.00. The van der Waals surface area contributed by atoms with E-state index in [2.05, 4.69) is 15.5 Å². The molecule has 2 saturated carbocycles. The minimum Gasteiger partial charge on any atom is -0.360 e. The fourth-order valence-electron chi connectivity index (χ4n) is 3.09. The van der Waals surface area contributed by atoms with E-state index < -0.39 is 0 Å². The summed E-state index contributed by atoms with van der Waals surface area (Å²) in [5.41, 5.74) is 1.78. The monoisotopic (exact) mass is 209 g/mol. The van der Waals surface area contributed by atoms with Crippen LogP contribution in [0.3, 0.4) is 0 Å². The predicted molar refractivity (Wildman–Crippen MR) is 57.3 cm³/mol. The summed E-state index contributed by atoms with van der Waals surface area (Å²) in [6.07, 6.45) is 5.88. The molecule has 76 valence electrons. The van der Waals surface area contributed by atoms with E-state index in [0.717, 1.165) is 29.4 Å². The Morgan fingerprint density at radius 1 is 1.43 bits per heavy atom. The Labute approximate surface area is 87.9 Å². The number of rotatable bonds is 3. The van der Waals surface area contributed by atoms with Gasteiger partial charge in [0.15, 0.2) is 0 Å². The van der Waals surface area contributed by atoms with E-state index in [4.69, 9.17) is 0 Å². The lowest BCUT2D eigenvalue weighted by Crippen LogP contribution is -2.19. The van der Waals surface area contributed by atoms with Gasteiger partial charge < -0.3 is 5.32 Å². The topological polar surface area (TPSA) is 37.8 Å². The largest absolute Gasteiger partial charge is 0.360 e. The molecular formula is C10H15N3S. The summed E-state index contributed by atoms with van der Waals surface area (Å²) < 4.78 is 0. The van der Waals surface area contributed by atoms with Gasteiger partial charge in [-0.05, 0) is 37.0 Å². The average Bonchev–Trinajstić information content (AvgIpc) is 2.91. The van der Waals surface area contributed by atoms with Crippen LogP contribution in [-0.2, 0) is 0 Å². The second-order valence-electron chi connectivity index (χ2n) is 4.56. The second-order valence-corrected chi connectivity index (χ2v) is 5.39. The van der Waals surface area contributed by atoms with Gasteiger partial charge in [0.25, 0.3) is 0 Å². The summed E-state index contributed by atoms with van der Waals surface area (Å²) in [6.45, 7) is 1.11. The molecule has 3 nitrogen and oxygen atoms in total. The molecule has 0 radical (unpaired) electrons. The molecule has 14 heavy (non-hydrogen) atoms. The lowest BCUT2D eigenvalue weighted by atomic mass is 9.89. The first-order valence-electron chi connectivity index (χ1n) is 5.42. The van der Waals surface area contributed by atoms with E-state index in [0.29, 0.717) is 0 Å². The number of aromatic nitrogens is 2. The molecule has 2 aliphatic carbocycles. The summed E-state index contributed by atoms with van der Waals surface area (Å²) in [4.78, 5) is 0. The molecule has 4 heteroatoms. The fourth-order valence-corrected chi connectivity index (χ4v) is 3.55. The van der Waals surface area contributed by atoms with E-state index in [9.17, 15) is 0 Å². The van der Waals surface area contributed by atoms with Crippen LogP contribution in [0, 0.1) is 17.8 Å². The van der Waals surface area contributed by atoms with E-state index in [1.807, 2.05) is 0 Å². The van der Waals surface area contributed by atoms with Crippen LogP contribution in [0.1, 0.15) is 25.7 Å². The van der Waals surface area contributed by atoms with Crippen LogP contribution in [0.15, 0.2) is 5.51 Å². The highest BCUT2D eigenvalue weighted by Crippen LogP contribution is 2.48. The third-order valence-electron chi connectivity index (χ3n) is 3.76. The number of hydrogen-bond acceptors (Lipinski definition) is 4. The molecule has 3 rings (SSSR count). The zero-order valence-corrected chi connectivity index (χ0v) is 8.96. The van der Waals surface area contributed by atoms with Gasteiger partial charge in [-0.3, -0.25) is 0 Å². The highest BCUT2D eigenvalue weighted by Gasteiger charge is 2.39. The van der Waals surface area contributed by atoms with Crippen molar-refractivity contribution in [3.8, 4) is 0 Å². The third kappa shape index (κ3) is 1.52. The molecule has 2 aliphatic rings. The Morgan fingerprint density at radius 2 is 2.43 bits per heavy atom. The normalized spacial score (nSPS) is 35.0. The van der Waals surface area contributed by atoms with Crippen LogP contribution in [0.25, 0.3) is 0 Å². The minimum absolute atomic E-state index is 0.901.